The van der Waals surface area contributed by atoms with Crippen molar-refractivity contribution in [2.24, 2.45) is 0 Å². The standard InChI is InChI=1S/C11H20N2O2S/c1-3-8-13(9-4-2)16(14,15)10-11-6-5-7-12-11/h3-4,11-12H,1-2,5-10H2. The van der Waals surface area contributed by atoms with Crippen LogP contribution in [-0.2, 0) is 10.0 Å². The fourth-order valence-corrected chi connectivity index (χ4v) is 3.52. The van der Waals surface area contributed by atoms with E-state index in [9.17, 15) is 8.42 Å². The molecule has 1 aliphatic rings. The van der Waals surface area contributed by atoms with Gasteiger partial charge in [-0.25, -0.2) is 8.42 Å². The van der Waals surface area contributed by atoms with Crippen LogP contribution in [0, 0.1) is 0 Å². The van der Waals surface area contributed by atoms with E-state index >= 15 is 0 Å². The van der Waals surface area contributed by atoms with Crippen molar-refractivity contribution in [2.75, 3.05) is 25.4 Å². The molecule has 0 bridgehead atoms. The fourth-order valence-electron chi connectivity index (χ4n) is 1.85. The van der Waals surface area contributed by atoms with Crippen molar-refractivity contribution in [3.63, 3.8) is 0 Å². The molecule has 5 heteroatoms. The summed E-state index contributed by atoms with van der Waals surface area (Å²) < 4.78 is 25.5. The Hall–Kier alpha value is -0.650. The second kappa shape index (κ2) is 6.18. The van der Waals surface area contributed by atoms with Crippen LogP contribution in [0.25, 0.3) is 0 Å². The van der Waals surface area contributed by atoms with Crippen molar-refractivity contribution < 1.29 is 8.42 Å². The summed E-state index contributed by atoms with van der Waals surface area (Å²) in [7, 11) is -3.20. The van der Waals surface area contributed by atoms with Crippen LogP contribution >= 0.6 is 0 Å². The third-order valence-corrected chi connectivity index (χ3v) is 4.54. The average Bonchev–Trinajstić information content (AvgIpc) is 2.69. The Morgan fingerprint density at radius 2 is 1.94 bits per heavy atom. The molecule has 1 rings (SSSR count). The van der Waals surface area contributed by atoms with Crippen LogP contribution in [0.5, 0.6) is 0 Å². The van der Waals surface area contributed by atoms with E-state index in [4.69, 9.17) is 0 Å². The Bertz CT molecular complexity index is 322. The van der Waals surface area contributed by atoms with Gasteiger partial charge >= 0.3 is 0 Å². The Labute approximate surface area is 98.1 Å². The summed E-state index contributed by atoms with van der Waals surface area (Å²) in [4.78, 5) is 0. The van der Waals surface area contributed by atoms with E-state index in [-0.39, 0.29) is 11.8 Å². The molecule has 4 nitrogen and oxygen atoms in total. The minimum absolute atomic E-state index is 0.0992. The van der Waals surface area contributed by atoms with Gasteiger partial charge in [0.05, 0.1) is 5.75 Å². The summed E-state index contributed by atoms with van der Waals surface area (Å²) >= 11 is 0. The van der Waals surface area contributed by atoms with E-state index in [0.717, 1.165) is 19.4 Å². The summed E-state index contributed by atoms with van der Waals surface area (Å²) in [5.41, 5.74) is 0. The van der Waals surface area contributed by atoms with E-state index in [0.29, 0.717) is 13.1 Å². The molecule has 0 aromatic carbocycles. The van der Waals surface area contributed by atoms with Crippen molar-refractivity contribution >= 4 is 10.0 Å². The molecule has 1 unspecified atom stereocenters. The first-order valence-corrected chi connectivity index (χ1v) is 7.14. The molecule has 0 aromatic rings. The molecule has 92 valence electrons. The molecule has 1 fully saturated rings. The number of nitrogens with one attached hydrogen (secondary N) is 1. The quantitative estimate of drug-likeness (QED) is 0.672. The molecule has 1 atom stereocenters. The van der Waals surface area contributed by atoms with Gasteiger partial charge < -0.3 is 5.32 Å². The van der Waals surface area contributed by atoms with Gasteiger partial charge in [0.1, 0.15) is 0 Å². The van der Waals surface area contributed by atoms with Crippen LogP contribution in [0.2, 0.25) is 0 Å². The maximum atomic E-state index is 12.1. The molecule has 1 heterocycles. The predicted octanol–water partition coefficient (Wildman–Crippen LogP) is 0.742. The summed E-state index contributed by atoms with van der Waals surface area (Å²) in [6, 6.07) is 0.0992. The molecule has 0 amide bonds. The van der Waals surface area contributed by atoms with E-state index < -0.39 is 10.0 Å². The molecule has 1 aliphatic heterocycles. The van der Waals surface area contributed by atoms with E-state index in [1.54, 1.807) is 12.2 Å². The zero-order valence-corrected chi connectivity index (χ0v) is 10.4. The van der Waals surface area contributed by atoms with E-state index in [1.165, 1.54) is 4.31 Å². The van der Waals surface area contributed by atoms with Crippen molar-refractivity contribution in [3.8, 4) is 0 Å². The van der Waals surface area contributed by atoms with Crippen molar-refractivity contribution in [1.29, 1.82) is 0 Å². The van der Waals surface area contributed by atoms with Gasteiger partial charge in [0, 0.05) is 19.1 Å². The van der Waals surface area contributed by atoms with Gasteiger partial charge in [-0.2, -0.15) is 4.31 Å². The van der Waals surface area contributed by atoms with Gasteiger partial charge in [-0.1, -0.05) is 12.2 Å². The lowest BCUT2D eigenvalue weighted by atomic mass is 10.3. The summed E-state index contributed by atoms with van der Waals surface area (Å²) in [6.45, 7) is 8.76. The van der Waals surface area contributed by atoms with E-state index in [2.05, 4.69) is 18.5 Å². The molecule has 16 heavy (non-hydrogen) atoms. The topological polar surface area (TPSA) is 49.4 Å². The summed E-state index contributed by atoms with van der Waals surface area (Å²) in [6.07, 6.45) is 5.20. The maximum Gasteiger partial charge on any atom is 0.216 e. The van der Waals surface area contributed by atoms with Gasteiger partial charge in [0.2, 0.25) is 10.0 Å². The van der Waals surface area contributed by atoms with Crippen molar-refractivity contribution in [2.45, 2.75) is 18.9 Å². The number of rotatable bonds is 7. The third-order valence-electron chi connectivity index (χ3n) is 2.63. The minimum Gasteiger partial charge on any atom is -0.313 e. The predicted molar refractivity (Wildman–Crippen MR) is 66.8 cm³/mol. The van der Waals surface area contributed by atoms with Crippen LogP contribution in [0.15, 0.2) is 25.3 Å². The third kappa shape index (κ3) is 3.73. The normalized spacial score (nSPS) is 21.2. The van der Waals surface area contributed by atoms with Gasteiger partial charge in [-0.15, -0.1) is 13.2 Å². The average molecular weight is 244 g/mol. The molecular formula is C11H20N2O2S. The molecule has 0 aliphatic carbocycles. The van der Waals surface area contributed by atoms with Gasteiger partial charge in [0.25, 0.3) is 0 Å². The van der Waals surface area contributed by atoms with Gasteiger partial charge in [-0.3, -0.25) is 0 Å². The highest BCUT2D eigenvalue weighted by atomic mass is 32.2. The SMILES string of the molecule is C=CCN(CC=C)S(=O)(=O)CC1CCCN1. The zero-order chi connectivity index (χ0) is 12.0. The van der Waals surface area contributed by atoms with Crippen LogP contribution in [-0.4, -0.2) is 44.2 Å². The van der Waals surface area contributed by atoms with Crippen molar-refractivity contribution in [1.82, 2.24) is 9.62 Å². The molecule has 0 saturated carbocycles. The van der Waals surface area contributed by atoms with E-state index in [1.807, 2.05) is 0 Å². The first-order chi connectivity index (χ1) is 7.60. The van der Waals surface area contributed by atoms with Gasteiger partial charge in [0.15, 0.2) is 0 Å². The van der Waals surface area contributed by atoms with Crippen LogP contribution in [0.4, 0.5) is 0 Å². The monoisotopic (exact) mass is 244 g/mol. The molecule has 1 saturated heterocycles. The molecule has 0 spiro atoms. The Kier molecular flexibility index (Phi) is 5.18. The molecule has 0 radical (unpaired) electrons. The number of nitrogens with zero attached hydrogens (tertiary/aromatic N) is 1. The highest BCUT2D eigenvalue weighted by Crippen LogP contribution is 2.11. The van der Waals surface area contributed by atoms with Crippen LogP contribution in [0.3, 0.4) is 0 Å². The highest BCUT2D eigenvalue weighted by Gasteiger charge is 2.26. The molecular weight excluding hydrogens is 224 g/mol. The minimum atomic E-state index is -3.20. The van der Waals surface area contributed by atoms with Gasteiger partial charge in [-0.05, 0) is 19.4 Å². The Morgan fingerprint density at radius 3 is 2.38 bits per heavy atom. The summed E-state index contributed by atoms with van der Waals surface area (Å²) in [5.74, 6) is 0.175. The smallest absolute Gasteiger partial charge is 0.216 e. The second-order valence-electron chi connectivity index (χ2n) is 3.97. The zero-order valence-electron chi connectivity index (χ0n) is 9.56. The second-order valence-corrected chi connectivity index (χ2v) is 5.98. The largest absolute Gasteiger partial charge is 0.313 e. The first kappa shape index (κ1) is 13.4. The summed E-state index contributed by atoms with van der Waals surface area (Å²) in [5, 5.41) is 3.19. The van der Waals surface area contributed by atoms with Crippen LogP contribution < -0.4 is 5.32 Å². The number of hydrogen-bond acceptors (Lipinski definition) is 3. The Balaban J connectivity index is 2.63. The lowest BCUT2D eigenvalue weighted by Crippen LogP contribution is -2.39. The van der Waals surface area contributed by atoms with Crippen LogP contribution in [0.1, 0.15) is 12.8 Å². The lowest BCUT2D eigenvalue weighted by Gasteiger charge is -2.21. The Morgan fingerprint density at radius 1 is 1.31 bits per heavy atom. The highest BCUT2D eigenvalue weighted by molar-refractivity contribution is 7.89. The lowest BCUT2D eigenvalue weighted by molar-refractivity contribution is 0.466. The number of hydrogen-bond donors (Lipinski definition) is 1. The molecule has 0 aromatic heterocycles. The number of sulfonamides is 1. The molecule has 1 N–H and O–H groups in total. The maximum absolute atomic E-state index is 12.1. The van der Waals surface area contributed by atoms with Crippen molar-refractivity contribution in [3.05, 3.63) is 25.3 Å². The first-order valence-electron chi connectivity index (χ1n) is 5.53. The fraction of sp³-hybridized carbons (Fsp3) is 0.636.